The summed E-state index contributed by atoms with van der Waals surface area (Å²) in [5.74, 6) is 0. The van der Waals surface area contributed by atoms with Crippen LogP contribution in [0.2, 0.25) is 5.02 Å². The van der Waals surface area contributed by atoms with Crippen molar-refractivity contribution in [3.63, 3.8) is 0 Å². The molecule has 3 aromatic carbocycles. The van der Waals surface area contributed by atoms with Gasteiger partial charge in [-0.05, 0) is 42.0 Å². The highest BCUT2D eigenvalue weighted by molar-refractivity contribution is 6.30. The lowest BCUT2D eigenvalue weighted by Crippen LogP contribution is -2.18. The molecule has 0 spiro atoms. The van der Waals surface area contributed by atoms with E-state index in [1.165, 1.54) is 10.9 Å². The molecular weight excluding hydrogens is 436 g/mol. The van der Waals surface area contributed by atoms with E-state index in [4.69, 9.17) is 21.6 Å². The summed E-state index contributed by atoms with van der Waals surface area (Å²) in [5.41, 5.74) is 3.98. The Kier molecular flexibility index (Phi) is 4.48. The van der Waals surface area contributed by atoms with E-state index in [9.17, 15) is 4.79 Å². The van der Waals surface area contributed by atoms with Crippen LogP contribution in [0.1, 0.15) is 5.56 Å². The summed E-state index contributed by atoms with van der Waals surface area (Å²) in [6.45, 7) is 0. The first-order valence-electron chi connectivity index (χ1n) is 10.2. The van der Waals surface area contributed by atoms with Crippen molar-refractivity contribution < 1.29 is 0 Å². The summed E-state index contributed by atoms with van der Waals surface area (Å²) in [4.78, 5) is 27.7. The highest BCUT2D eigenvalue weighted by atomic mass is 35.5. The van der Waals surface area contributed by atoms with Crippen LogP contribution in [-0.4, -0.2) is 30.4 Å². The molecule has 0 saturated carbocycles. The maximum absolute atomic E-state index is 13.6. The number of para-hydroxylation sites is 3. The summed E-state index contributed by atoms with van der Waals surface area (Å²) >= 11 is 6.11. The first kappa shape index (κ1) is 19.3. The van der Waals surface area contributed by atoms with Crippen molar-refractivity contribution in [2.45, 2.75) is 0 Å². The van der Waals surface area contributed by atoms with Crippen molar-refractivity contribution >= 4 is 51.0 Å². The van der Waals surface area contributed by atoms with Crippen molar-refractivity contribution in [2.24, 2.45) is 5.10 Å². The zero-order chi connectivity index (χ0) is 22.4. The van der Waals surface area contributed by atoms with E-state index < -0.39 is 0 Å². The van der Waals surface area contributed by atoms with Gasteiger partial charge in [0, 0.05) is 5.02 Å². The van der Waals surface area contributed by atoms with E-state index in [0.29, 0.717) is 43.9 Å². The topological polar surface area (TPSA) is 78.0 Å². The second-order valence-electron chi connectivity index (χ2n) is 7.45. The molecule has 6 rings (SSSR count). The number of rotatable bonds is 3. The minimum atomic E-state index is -0.238. The zero-order valence-electron chi connectivity index (χ0n) is 17.1. The number of aromatic nitrogens is 5. The SMILES string of the molecule is O=c1c2c3nc4ccccc4nc3n(/N=C/c3cccc(Cl)c3)c2ncn1-c1ccccc1. The van der Waals surface area contributed by atoms with Gasteiger partial charge >= 0.3 is 0 Å². The number of benzene rings is 3. The number of halogens is 1. The molecule has 0 aliphatic carbocycles. The van der Waals surface area contributed by atoms with Gasteiger partial charge in [0.1, 0.15) is 17.2 Å². The highest BCUT2D eigenvalue weighted by Gasteiger charge is 2.20. The number of hydrogen-bond donors (Lipinski definition) is 0. The van der Waals surface area contributed by atoms with Crippen LogP contribution in [0.3, 0.4) is 0 Å². The normalized spacial score (nSPS) is 11.8. The van der Waals surface area contributed by atoms with Gasteiger partial charge in [0.25, 0.3) is 5.56 Å². The average molecular weight is 451 g/mol. The molecule has 0 bridgehead atoms. The van der Waals surface area contributed by atoms with E-state index >= 15 is 0 Å². The summed E-state index contributed by atoms with van der Waals surface area (Å²) in [5, 5.41) is 5.57. The van der Waals surface area contributed by atoms with Crippen molar-refractivity contribution in [1.82, 2.24) is 24.2 Å². The Morgan fingerprint density at radius 2 is 1.61 bits per heavy atom. The van der Waals surface area contributed by atoms with Gasteiger partial charge in [0.05, 0.1) is 22.9 Å². The van der Waals surface area contributed by atoms with Crippen LogP contribution in [0.5, 0.6) is 0 Å². The molecule has 0 fully saturated rings. The molecule has 158 valence electrons. The fourth-order valence-corrected chi connectivity index (χ4v) is 4.01. The molecule has 3 aromatic heterocycles. The molecule has 33 heavy (non-hydrogen) atoms. The maximum Gasteiger partial charge on any atom is 0.269 e. The lowest BCUT2D eigenvalue weighted by molar-refractivity contribution is 0.906. The third kappa shape index (κ3) is 3.26. The molecule has 0 saturated heterocycles. The molecular formula is C25H15ClN6O. The number of fused-ring (bicyclic) bond motifs is 4. The summed E-state index contributed by atoms with van der Waals surface area (Å²) in [6, 6.07) is 24.2. The molecule has 0 atom stereocenters. The molecule has 8 heteroatoms. The lowest BCUT2D eigenvalue weighted by Gasteiger charge is -2.04. The van der Waals surface area contributed by atoms with E-state index in [-0.39, 0.29) is 5.56 Å². The second-order valence-corrected chi connectivity index (χ2v) is 7.89. The van der Waals surface area contributed by atoms with Crippen LogP contribution in [-0.2, 0) is 0 Å². The van der Waals surface area contributed by atoms with Crippen molar-refractivity contribution in [3.05, 3.63) is 106 Å². The predicted molar refractivity (Wildman–Crippen MR) is 130 cm³/mol. The van der Waals surface area contributed by atoms with Crippen molar-refractivity contribution in [3.8, 4) is 5.69 Å². The average Bonchev–Trinajstić information content (AvgIpc) is 3.15. The molecule has 3 heterocycles. The van der Waals surface area contributed by atoms with Crippen LogP contribution in [0.25, 0.3) is 38.9 Å². The third-order valence-corrected chi connectivity index (χ3v) is 5.58. The van der Waals surface area contributed by atoms with Gasteiger partial charge < -0.3 is 0 Å². The molecule has 0 aliphatic heterocycles. The summed E-state index contributed by atoms with van der Waals surface area (Å²) in [7, 11) is 0. The summed E-state index contributed by atoms with van der Waals surface area (Å²) in [6.07, 6.45) is 3.16. The third-order valence-electron chi connectivity index (χ3n) is 5.35. The van der Waals surface area contributed by atoms with Crippen LogP contribution in [0.4, 0.5) is 0 Å². The van der Waals surface area contributed by atoms with E-state index in [0.717, 1.165) is 5.56 Å². The molecule has 0 N–H and O–H groups in total. The quantitative estimate of drug-likeness (QED) is 0.362. The first-order valence-corrected chi connectivity index (χ1v) is 10.6. The monoisotopic (exact) mass is 450 g/mol. The van der Waals surface area contributed by atoms with Crippen LogP contribution < -0.4 is 5.56 Å². The lowest BCUT2D eigenvalue weighted by atomic mass is 10.2. The minimum absolute atomic E-state index is 0.238. The fourth-order valence-electron chi connectivity index (χ4n) is 3.81. The Morgan fingerprint density at radius 1 is 0.848 bits per heavy atom. The molecule has 6 aromatic rings. The Hall–Kier alpha value is -4.36. The Balaban J connectivity index is 1.68. The van der Waals surface area contributed by atoms with E-state index in [2.05, 4.69) is 10.1 Å². The van der Waals surface area contributed by atoms with Gasteiger partial charge in [-0.2, -0.15) is 9.78 Å². The molecule has 0 amide bonds. The molecule has 0 radical (unpaired) electrons. The van der Waals surface area contributed by atoms with Gasteiger partial charge in [0.2, 0.25) is 0 Å². The van der Waals surface area contributed by atoms with Crippen molar-refractivity contribution in [2.75, 3.05) is 0 Å². The van der Waals surface area contributed by atoms with Gasteiger partial charge in [-0.25, -0.2) is 15.0 Å². The largest absolute Gasteiger partial charge is 0.269 e. The first-order chi connectivity index (χ1) is 16.2. The van der Waals surface area contributed by atoms with Crippen LogP contribution in [0.15, 0.2) is 95.1 Å². The van der Waals surface area contributed by atoms with E-state index in [1.54, 1.807) is 23.0 Å². The Morgan fingerprint density at radius 3 is 2.39 bits per heavy atom. The molecule has 0 aliphatic rings. The maximum atomic E-state index is 13.6. The van der Waals surface area contributed by atoms with Gasteiger partial charge in [-0.1, -0.05) is 54.1 Å². The second kappa shape index (κ2) is 7.65. The van der Waals surface area contributed by atoms with Crippen LogP contribution >= 0.6 is 11.6 Å². The predicted octanol–water partition coefficient (Wildman–Crippen LogP) is 4.82. The number of hydrogen-bond acceptors (Lipinski definition) is 5. The zero-order valence-corrected chi connectivity index (χ0v) is 17.9. The van der Waals surface area contributed by atoms with Gasteiger partial charge in [-0.3, -0.25) is 9.36 Å². The standard InChI is InChI=1S/C25H15ClN6O/c26-17-8-6-7-16(13-17)14-28-32-23-21(22-24(32)30-20-12-5-4-11-19(20)29-22)25(33)31(15-27-23)18-9-2-1-3-10-18/h1-15H/b28-14+. The highest BCUT2D eigenvalue weighted by Crippen LogP contribution is 2.25. The fraction of sp³-hybridized carbons (Fsp3) is 0. The van der Waals surface area contributed by atoms with Crippen molar-refractivity contribution in [1.29, 1.82) is 0 Å². The molecule has 0 unspecified atom stereocenters. The summed E-state index contributed by atoms with van der Waals surface area (Å²) < 4.78 is 3.06. The van der Waals surface area contributed by atoms with Crippen LogP contribution in [0, 0.1) is 0 Å². The smallest absolute Gasteiger partial charge is 0.268 e. The molecule has 7 nitrogen and oxygen atoms in total. The van der Waals surface area contributed by atoms with Gasteiger partial charge in [0.15, 0.2) is 11.3 Å². The van der Waals surface area contributed by atoms with Gasteiger partial charge in [-0.15, -0.1) is 0 Å². The Labute approximate surface area is 192 Å². The Bertz CT molecular complexity index is 1750. The minimum Gasteiger partial charge on any atom is -0.268 e. The van der Waals surface area contributed by atoms with E-state index in [1.807, 2.05) is 66.7 Å². The number of nitrogens with zero attached hydrogens (tertiary/aromatic N) is 6.